The summed E-state index contributed by atoms with van der Waals surface area (Å²) in [6.07, 6.45) is 4.14. The normalized spacial score (nSPS) is 10.7. The Hall–Kier alpha value is -3.48. The second kappa shape index (κ2) is 6.68. The third-order valence-electron chi connectivity index (χ3n) is 3.60. The molecule has 0 unspecified atom stereocenters. The van der Waals surface area contributed by atoms with Gasteiger partial charge in [0.2, 0.25) is 0 Å². The van der Waals surface area contributed by atoms with Gasteiger partial charge in [-0.2, -0.15) is 5.26 Å². The van der Waals surface area contributed by atoms with Crippen LogP contribution in [-0.4, -0.2) is 29.9 Å². The predicted molar refractivity (Wildman–Crippen MR) is 102 cm³/mol. The van der Waals surface area contributed by atoms with Gasteiger partial charge in [-0.05, 0) is 12.1 Å². The van der Waals surface area contributed by atoms with E-state index in [4.69, 9.17) is 34.2 Å². The molecule has 132 valence electrons. The first-order valence-corrected chi connectivity index (χ1v) is 8.25. The second-order valence-corrected chi connectivity index (χ2v) is 6.20. The fourth-order valence-corrected chi connectivity index (χ4v) is 3.12. The molecule has 4 aromatic rings. The van der Waals surface area contributed by atoms with Crippen molar-refractivity contribution in [2.24, 2.45) is 0 Å². The Labute approximate surface area is 162 Å². The number of benzene rings is 1. The number of halogens is 2. The molecule has 0 atom stereocenters. The van der Waals surface area contributed by atoms with E-state index in [0.717, 1.165) is 0 Å². The number of nitrogens with two attached hydrogens (primary N) is 1. The molecule has 0 bridgehead atoms. The van der Waals surface area contributed by atoms with E-state index in [1.807, 2.05) is 6.07 Å². The molecule has 1 aromatic carbocycles. The van der Waals surface area contributed by atoms with Crippen molar-refractivity contribution in [1.29, 1.82) is 5.26 Å². The van der Waals surface area contributed by atoms with Crippen LogP contribution in [0.2, 0.25) is 10.0 Å². The Kier molecular flexibility index (Phi) is 4.19. The zero-order valence-electron chi connectivity index (χ0n) is 13.4. The number of fused-ring (bicyclic) bond motifs is 1. The van der Waals surface area contributed by atoms with Crippen molar-refractivity contribution in [3.63, 3.8) is 0 Å². The number of anilines is 3. The van der Waals surface area contributed by atoms with Gasteiger partial charge in [-0.3, -0.25) is 0 Å². The van der Waals surface area contributed by atoms with E-state index in [0.29, 0.717) is 49.9 Å². The fourth-order valence-electron chi connectivity index (χ4n) is 2.43. The number of nitrogens with one attached hydrogen (secondary N) is 2. The van der Waals surface area contributed by atoms with E-state index in [1.165, 1.54) is 18.7 Å². The number of imidazole rings is 1. The molecule has 4 N–H and O–H groups in total. The average Bonchev–Trinajstić information content (AvgIpc) is 3.06. The molecule has 0 saturated heterocycles. The minimum absolute atomic E-state index is 0.213. The lowest BCUT2D eigenvalue weighted by Gasteiger charge is -2.05. The minimum Gasteiger partial charge on any atom is -0.399 e. The molecule has 3 heterocycles. The Morgan fingerprint density at radius 3 is 2.52 bits per heavy atom. The molecule has 0 aliphatic carbocycles. The highest BCUT2D eigenvalue weighted by molar-refractivity contribution is 6.39. The Morgan fingerprint density at radius 2 is 1.85 bits per heavy atom. The van der Waals surface area contributed by atoms with E-state index in [-0.39, 0.29) is 5.69 Å². The Bertz CT molecular complexity index is 1170. The van der Waals surface area contributed by atoms with Gasteiger partial charge in [0.1, 0.15) is 29.6 Å². The lowest BCUT2D eigenvalue weighted by molar-refractivity contribution is 1.14. The molecule has 0 aliphatic heterocycles. The number of H-pyrrole nitrogens is 1. The Morgan fingerprint density at radius 1 is 1.07 bits per heavy atom. The maximum atomic E-state index is 8.80. The maximum absolute atomic E-state index is 8.80. The standard InChI is InChI=1S/C16H9Cl2N9/c17-9-1-7(20)2-10(18)12(9)14-26-13-15(23-6-24-16(13)27-14)25-11-5-21-8(3-19)4-22-11/h1-2,4-6H,20H2,(H2,22,23,24,25,26,27). The molecule has 0 amide bonds. The molecule has 0 aliphatic rings. The van der Waals surface area contributed by atoms with Gasteiger partial charge in [-0.25, -0.2) is 24.9 Å². The zero-order chi connectivity index (χ0) is 19.0. The van der Waals surface area contributed by atoms with Gasteiger partial charge in [0.15, 0.2) is 17.2 Å². The zero-order valence-corrected chi connectivity index (χ0v) is 14.9. The third-order valence-corrected chi connectivity index (χ3v) is 4.20. The first kappa shape index (κ1) is 17.0. The van der Waals surface area contributed by atoms with Crippen LogP contribution in [0.15, 0.2) is 30.9 Å². The molecule has 4 rings (SSSR count). The van der Waals surface area contributed by atoms with Crippen LogP contribution in [0.4, 0.5) is 17.3 Å². The van der Waals surface area contributed by atoms with E-state index >= 15 is 0 Å². The summed E-state index contributed by atoms with van der Waals surface area (Å²) in [4.78, 5) is 24.0. The summed E-state index contributed by atoms with van der Waals surface area (Å²) in [5.41, 5.74) is 7.86. The van der Waals surface area contributed by atoms with Crippen LogP contribution in [0.1, 0.15) is 5.69 Å². The van der Waals surface area contributed by atoms with Crippen LogP contribution < -0.4 is 11.1 Å². The highest BCUT2D eigenvalue weighted by Gasteiger charge is 2.17. The highest BCUT2D eigenvalue weighted by Crippen LogP contribution is 2.36. The van der Waals surface area contributed by atoms with E-state index < -0.39 is 0 Å². The van der Waals surface area contributed by atoms with Gasteiger partial charge >= 0.3 is 0 Å². The van der Waals surface area contributed by atoms with Crippen molar-refractivity contribution in [2.45, 2.75) is 0 Å². The van der Waals surface area contributed by atoms with Crippen molar-refractivity contribution >= 4 is 51.7 Å². The van der Waals surface area contributed by atoms with Crippen molar-refractivity contribution in [1.82, 2.24) is 29.9 Å². The molecule has 27 heavy (non-hydrogen) atoms. The first-order valence-electron chi connectivity index (χ1n) is 7.50. The van der Waals surface area contributed by atoms with Crippen LogP contribution in [-0.2, 0) is 0 Å². The second-order valence-electron chi connectivity index (χ2n) is 5.39. The summed E-state index contributed by atoms with van der Waals surface area (Å²) in [5.74, 6) is 1.27. The lowest BCUT2D eigenvalue weighted by atomic mass is 10.2. The summed E-state index contributed by atoms with van der Waals surface area (Å²) in [6, 6.07) is 5.09. The quantitative estimate of drug-likeness (QED) is 0.446. The Balaban J connectivity index is 1.77. The van der Waals surface area contributed by atoms with Crippen LogP contribution >= 0.6 is 23.2 Å². The molecular formula is C16H9Cl2N9. The number of nitrogen functional groups attached to an aromatic ring is 1. The smallest absolute Gasteiger partial charge is 0.183 e. The van der Waals surface area contributed by atoms with Crippen molar-refractivity contribution in [2.75, 3.05) is 11.1 Å². The van der Waals surface area contributed by atoms with E-state index in [1.54, 1.807) is 12.1 Å². The average molecular weight is 398 g/mol. The van der Waals surface area contributed by atoms with Gasteiger partial charge in [-0.1, -0.05) is 23.2 Å². The molecule has 0 saturated carbocycles. The maximum Gasteiger partial charge on any atom is 0.183 e. The predicted octanol–water partition coefficient (Wildman–Crippen LogP) is 3.31. The van der Waals surface area contributed by atoms with E-state index in [9.17, 15) is 0 Å². The molecule has 3 aromatic heterocycles. The van der Waals surface area contributed by atoms with Crippen molar-refractivity contribution < 1.29 is 0 Å². The van der Waals surface area contributed by atoms with Crippen LogP contribution in [0.25, 0.3) is 22.6 Å². The monoisotopic (exact) mass is 397 g/mol. The summed E-state index contributed by atoms with van der Waals surface area (Å²) < 4.78 is 0. The van der Waals surface area contributed by atoms with E-state index in [2.05, 4.69) is 35.2 Å². The fraction of sp³-hybridized carbons (Fsp3) is 0. The van der Waals surface area contributed by atoms with Crippen molar-refractivity contribution in [3.05, 3.63) is 46.6 Å². The summed E-state index contributed by atoms with van der Waals surface area (Å²) >= 11 is 12.5. The van der Waals surface area contributed by atoms with Gasteiger partial charge in [-0.15, -0.1) is 0 Å². The van der Waals surface area contributed by atoms with Crippen molar-refractivity contribution in [3.8, 4) is 17.5 Å². The molecular weight excluding hydrogens is 389 g/mol. The molecule has 11 heteroatoms. The summed E-state index contributed by atoms with van der Waals surface area (Å²) in [7, 11) is 0. The first-order chi connectivity index (χ1) is 13.0. The van der Waals surface area contributed by atoms with Crippen LogP contribution in [0.5, 0.6) is 0 Å². The highest BCUT2D eigenvalue weighted by atomic mass is 35.5. The van der Waals surface area contributed by atoms with Gasteiger partial charge in [0.05, 0.1) is 28.0 Å². The largest absolute Gasteiger partial charge is 0.399 e. The summed E-state index contributed by atoms with van der Waals surface area (Å²) in [5, 5.41) is 12.5. The molecule has 0 radical (unpaired) electrons. The SMILES string of the molecule is N#Cc1cnc(Nc2ncnc3nc(-c4c(Cl)cc(N)cc4Cl)[nH]c23)cn1. The molecule has 0 spiro atoms. The lowest BCUT2D eigenvalue weighted by Crippen LogP contribution is -1.99. The van der Waals surface area contributed by atoms with Gasteiger partial charge < -0.3 is 16.0 Å². The number of hydrogen-bond acceptors (Lipinski definition) is 8. The number of aromatic amines is 1. The summed E-state index contributed by atoms with van der Waals surface area (Å²) in [6.45, 7) is 0. The number of aromatic nitrogens is 6. The number of nitrogens with zero attached hydrogens (tertiary/aromatic N) is 6. The minimum atomic E-state index is 0.213. The number of rotatable bonds is 3. The third kappa shape index (κ3) is 3.19. The van der Waals surface area contributed by atoms with Gasteiger partial charge in [0, 0.05) is 5.69 Å². The van der Waals surface area contributed by atoms with Crippen LogP contribution in [0.3, 0.4) is 0 Å². The number of nitriles is 1. The topological polar surface area (TPSA) is 142 Å². The molecule has 9 nitrogen and oxygen atoms in total. The van der Waals surface area contributed by atoms with Crippen LogP contribution in [0, 0.1) is 11.3 Å². The molecule has 0 fully saturated rings. The van der Waals surface area contributed by atoms with Gasteiger partial charge in [0.25, 0.3) is 0 Å². The number of hydrogen-bond donors (Lipinski definition) is 3.